The molecule has 4 bridgehead atoms. The molecule has 0 aromatic heterocycles. The molecule has 0 aromatic rings. The van der Waals surface area contributed by atoms with Crippen molar-refractivity contribution in [2.45, 2.75) is 76.7 Å². The molecule has 0 N–H and O–H groups in total. The SMILES string of the molecule is CC1CCCCC1=NC12CC3CC(CC(C3)C1)C2. The number of nitrogens with zero attached hydrogens (tertiary/aromatic N) is 1. The Hall–Kier alpha value is -0.330. The van der Waals surface area contributed by atoms with Crippen LogP contribution in [-0.4, -0.2) is 11.3 Å². The molecule has 5 fully saturated rings. The van der Waals surface area contributed by atoms with E-state index in [0.29, 0.717) is 5.54 Å². The number of aliphatic imine (C=N–C) groups is 1. The summed E-state index contributed by atoms with van der Waals surface area (Å²) in [7, 11) is 0. The van der Waals surface area contributed by atoms with Gasteiger partial charge in [0.1, 0.15) is 0 Å². The van der Waals surface area contributed by atoms with Gasteiger partial charge >= 0.3 is 0 Å². The molecule has 1 unspecified atom stereocenters. The Morgan fingerprint density at radius 1 is 0.944 bits per heavy atom. The predicted molar refractivity (Wildman–Crippen MR) is 76.0 cm³/mol. The number of rotatable bonds is 1. The van der Waals surface area contributed by atoms with Crippen LogP contribution in [0.5, 0.6) is 0 Å². The van der Waals surface area contributed by atoms with Crippen LogP contribution in [0.1, 0.15) is 71.1 Å². The third-order valence-electron chi connectivity index (χ3n) is 6.28. The molecule has 0 saturated heterocycles. The molecule has 0 amide bonds. The lowest BCUT2D eigenvalue weighted by Crippen LogP contribution is -2.50. The minimum Gasteiger partial charge on any atom is -0.287 e. The van der Waals surface area contributed by atoms with Crippen molar-refractivity contribution in [2.24, 2.45) is 28.7 Å². The Balaban J connectivity index is 1.61. The lowest BCUT2D eigenvalue weighted by molar-refractivity contribution is 0.00130. The first-order chi connectivity index (χ1) is 8.72. The minimum atomic E-state index is 0.426. The molecular formula is C17H27N. The first kappa shape index (κ1) is 11.5. The highest BCUT2D eigenvalue weighted by molar-refractivity contribution is 5.87. The molecule has 0 heterocycles. The molecule has 0 spiro atoms. The van der Waals surface area contributed by atoms with E-state index in [0.717, 1.165) is 23.7 Å². The summed E-state index contributed by atoms with van der Waals surface area (Å²) >= 11 is 0. The second-order valence-electron chi connectivity index (χ2n) is 7.89. The maximum atomic E-state index is 5.43. The lowest BCUT2D eigenvalue weighted by Gasteiger charge is -2.55. The fraction of sp³-hybridized carbons (Fsp3) is 0.941. The molecule has 18 heavy (non-hydrogen) atoms. The van der Waals surface area contributed by atoms with Gasteiger partial charge in [-0.15, -0.1) is 0 Å². The van der Waals surface area contributed by atoms with Crippen LogP contribution < -0.4 is 0 Å². The minimum absolute atomic E-state index is 0.426. The zero-order valence-electron chi connectivity index (χ0n) is 11.8. The highest BCUT2D eigenvalue weighted by atomic mass is 14.9. The zero-order valence-corrected chi connectivity index (χ0v) is 11.8. The first-order valence-electron chi connectivity index (χ1n) is 8.31. The van der Waals surface area contributed by atoms with Crippen LogP contribution in [0.4, 0.5) is 0 Å². The third kappa shape index (κ3) is 1.85. The van der Waals surface area contributed by atoms with E-state index < -0.39 is 0 Å². The molecule has 0 aromatic carbocycles. The van der Waals surface area contributed by atoms with Gasteiger partial charge in [0.05, 0.1) is 5.54 Å². The first-order valence-corrected chi connectivity index (χ1v) is 8.31. The van der Waals surface area contributed by atoms with Crippen LogP contribution >= 0.6 is 0 Å². The van der Waals surface area contributed by atoms with Gasteiger partial charge in [0, 0.05) is 5.71 Å². The summed E-state index contributed by atoms with van der Waals surface area (Å²) in [6, 6.07) is 0. The molecule has 0 radical (unpaired) electrons. The maximum Gasteiger partial charge on any atom is 0.0615 e. The molecule has 100 valence electrons. The Kier molecular flexibility index (Phi) is 2.61. The summed E-state index contributed by atoms with van der Waals surface area (Å²) in [5.41, 5.74) is 2.03. The van der Waals surface area contributed by atoms with Gasteiger partial charge in [0.2, 0.25) is 0 Å². The lowest BCUT2D eigenvalue weighted by atomic mass is 9.53. The van der Waals surface area contributed by atoms with Crippen molar-refractivity contribution in [3.05, 3.63) is 0 Å². The van der Waals surface area contributed by atoms with Crippen LogP contribution in [0.25, 0.3) is 0 Å². The summed E-state index contributed by atoms with van der Waals surface area (Å²) in [6.45, 7) is 2.42. The standard InChI is InChI=1S/C17H27N/c1-12-4-2-3-5-16(12)18-17-9-13-6-14(10-17)8-15(7-13)11-17/h12-15H,2-11H2,1H3. The second kappa shape index (κ2) is 4.08. The van der Waals surface area contributed by atoms with E-state index in [1.54, 1.807) is 25.0 Å². The van der Waals surface area contributed by atoms with Crippen molar-refractivity contribution >= 4 is 5.71 Å². The van der Waals surface area contributed by atoms with Gasteiger partial charge in [-0.25, -0.2) is 0 Å². The summed E-state index contributed by atoms with van der Waals surface area (Å²) in [5, 5.41) is 0. The van der Waals surface area contributed by atoms with Gasteiger partial charge in [-0.2, -0.15) is 0 Å². The monoisotopic (exact) mass is 245 g/mol. The second-order valence-corrected chi connectivity index (χ2v) is 7.89. The van der Waals surface area contributed by atoms with Crippen molar-refractivity contribution in [1.82, 2.24) is 0 Å². The van der Waals surface area contributed by atoms with Gasteiger partial charge in [0.25, 0.3) is 0 Å². The fourth-order valence-electron chi connectivity index (χ4n) is 5.84. The highest BCUT2D eigenvalue weighted by Crippen LogP contribution is 2.57. The average Bonchev–Trinajstić information content (AvgIpc) is 2.30. The Morgan fingerprint density at radius 3 is 2.11 bits per heavy atom. The Labute approximate surface area is 111 Å². The molecule has 5 saturated carbocycles. The largest absolute Gasteiger partial charge is 0.287 e. The molecule has 1 atom stereocenters. The molecule has 0 aliphatic heterocycles. The smallest absolute Gasteiger partial charge is 0.0615 e. The molecule has 5 aliphatic rings. The Morgan fingerprint density at radius 2 is 1.56 bits per heavy atom. The van der Waals surface area contributed by atoms with E-state index in [1.165, 1.54) is 44.9 Å². The Bertz CT molecular complexity index is 333. The van der Waals surface area contributed by atoms with E-state index in [9.17, 15) is 0 Å². The number of hydrogen-bond donors (Lipinski definition) is 0. The average molecular weight is 245 g/mol. The van der Waals surface area contributed by atoms with Crippen molar-refractivity contribution in [2.75, 3.05) is 0 Å². The molecule has 1 nitrogen and oxygen atoms in total. The van der Waals surface area contributed by atoms with Crippen molar-refractivity contribution < 1.29 is 0 Å². The van der Waals surface area contributed by atoms with Gasteiger partial charge in [0.15, 0.2) is 0 Å². The van der Waals surface area contributed by atoms with E-state index >= 15 is 0 Å². The quantitative estimate of drug-likeness (QED) is 0.640. The molecular weight excluding hydrogens is 218 g/mol. The summed E-state index contributed by atoms with van der Waals surface area (Å²) in [6.07, 6.45) is 14.5. The van der Waals surface area contributed by atoms with Crippen LogP contribution in [0, 0.1) is 23.7 Å². The molecule has 1 heteroatoms. The maximum absolute atomic E-state index is 5.43. The van der Waals surface area contributed by atoms with Gasteiger partial charge in [-0.3, -0.25) is 4.99 Å². The van der Waals surface area contributed by atoms with Crippen LogP contribution in [0.2, 0.25) is 0 Å². The van der Waals surface area contributed by atoms with Gasteiger partial charge in [-0.1, -0.05) is 13.3 Å². The van der Waals surface area contributed by atoms with Crippen molar-refractivity contribution in [3.63, 3.8) is 0 Å². The zero-order chi connectivity index (χ0) is 12.2. The summed E-state index contributed by atoms with van der Waals surface area (Å²) < 4.78 is 0. The normalized spacial score (nSPS) is 53.1. The summed E-state index contributed by atoms with van der Waals surface area (Å²) in [5.74, 6) is 3.91. The number of hydrogen-bond acceptors (Lipinski definition) is 1. The van der Waals surface area contributed by atoms with Crippen molar-refractivity contribution in [3.8, 4) is 0 Å². The van der Waals surface area contributed by atoms with E-state index in [4.69, 9.17) is 4.99 Å². The van der Waals surface area contributed by atoms with E-state index in [-0.39, 0.29) is 0 Å². The molecule has 5 rings (SSSR count). The molecule has 5 aliphatic carbocycles. The van der Waals surface area contributed by atoms with E-state index in [1.807, 2.05) is 0 Å². The fourth-order valence-corrected chi connectivity index (χ4v) is 5.84. The highest BCUT2D eigenvalue weighted by Gasteiger charge is 2.51. The summed E-state index contributed by atoms with van der Waals surface area (Å²) in [4.78, 5) is 5.43. The van der Waals surface area contributed by atoms with Crippen molar-refractivity contribution in [1.29, 1.82) is 0 Å². The topological polar surface area (TPSA) is 12.4 Å². The predicted octanol–water partition coefficient (Wildman–Crippen LogP) is 4.61. The third-order valence-corrected chi connectivity index (χ3v) is 6.28. The van der Waals surface area contributed by atoms with Crippen LogP contribution in [-0.2, 0) is 0 Å². The van der Waals surface area contributed by atoms with Crippen LogP contribution in [0.15, 0.2) is 4.99 Å². The van der Waals surface area contributed by atoms with E-state index in [2.05, 4.69) is 6.92 Å². The van der Waals surface area contributed by atoms with Crippen LogP contribution in [0.3, 0.4) is 0 Å². The van der Waals surface area contributed by atoms with Gasteiger partial charge < -0.3 is 0 Å². The van der Waals surface area contributed by atoms with Gasteiger partial charge in [-0.05, 0) is 81.5 Å².